The maximum Gasteiger partial charge on any atom is 0.246 e. The van der Waals surface area contributed by atoms with Crippen molar-refractivity contribution in [1.29, 1.82) is 0 Å². The van der Waals surface area contributed by atoms with Gasteiger partial charge in [0.2, 0.25) is 5.91 Å². The average molecular weight is 465 g/mol. The number of carbonyl (C=O) groups excluding carboxylic acids is 1. The number of benzene rings is 1. The molecule has 1 saturated carbocycles. The Morgan fingerprint density at radius 2 is 2.18 bits per heavy atom. The SMILES string of the molecule is C=CCN1CC[C@@]2(c3cccc(OC)c3)C[C@@H](N(C)C(=O)/C=C/c3ccoc3)CC[C@]2(OC)C1. The fourth-order valence-electron chi connectivity index (χ4n) is 5.99. The van der Waals surface area contributed by atoms with Gasteiger partial charge in [-0.25, -0.2) is 0 Å². The van der Waals surface area contributed by atoms with E-state index in [9.17, 15) is 4.79 Å². The molecule has 1 aliphatic heterocycles. The molecule has 0 unspecified atom stereocenters. The van der Waals surface area contributed by atoms with E-state index in [1.165, 1.54) is 5.56 Å². The van der Waals surface area contributed by atoms with Gasteiger partial charge in [0.25, 0.3) is 0 Å². The first-order valence-electron chi connectivity index (χ1n) is 12.0. The molecule has 4 rings (SSSR count). The number of ether oxygens (including phenoxy) is 2. The average Bonchev–Trinajstić information content (AvgIpc) is 3.40. The van der Waals surface area contributed by atoms with E-state index >= 15 is 0 Å². The lowest BCUT2D eigenvalue weighted by atomic mass is 9.55. The maximum atomic E-state index is 13.1. The molecule has 3 atom stereocenters. The first-order valence-corrected chi connectivity index (χ1v) is 12.0. The molecule has 1 aromatic carbocycles. The van der Waals surface area contributed by atoms with Crippen LogP contribution >= 0.6 is 0 Å². The van der Waals surface area contributed by atoms with E-state index in [1.807, 2.05) is 37.3 Å². The predicted octanol–water partition coefficient (Wildman–Crippen LogP) is 4.53. The molecule has 1 aliphatic carbocycles. The van der Waals surface area contributed by atoms with E-state index in [1.54, 1.807) is 31.8 Å². The first kappa shape index (κ1) is 24.3. The van der Waals surface area contributed by atoms with Gasteiger partial charge in [-0.1, -0.05) is 18.2 Å². The Balaban J connectivity index is 1.66. The molecular weight excluding hydrogens is 428 g/mol. The van der Waals surface area contributed by atoms with Gasteiger partial charge < -0.3 is 18.8 Å². The number of furan rings is 1. The third-order valence-electron chi connectivity index (χ3n) is 7.93. The Morgan fingerprint density at radius 3 is 2.88 bits per heavy atom. The summed E-state index contributed by atoms with van der Waals surface area (Å²) in [5.41, 5.74) is 1.55. The summed E-state index contributed by atoms with van der Waals surface area (Å²) in [6, 6.07) is 10.3. The van der Waals surface area contributed by atoms with Crippen molar-refractivity contribution in [1.82, 2.24) is 9.80 Å². The molecule has 0 N–H and O–H groups in total. The fraction of sp³-hybridized carbons (Fsp3) is 0.464. The van der Waals surface area contributed by atoms with Crippen LogP contribution in [-0.2, 0) is 14.9 Å². The van der Waals surface area contributed by atoms with E-state index in [0.29, 0.717) is 0 Å². The molecule has 0 spiro atoms. The minimum atomic E-state index is -0.340. The third kappa shape index (κ3) is 4.44. The summed E-state index contributed by atoms with van der Waals surface area (Å²) in [7, 11) is 5.46. The highest BCUT2D eigenvalue weighted by Crippen LogP contribution is 2.54. The highest BCUT2D eigenvalue weighted by Gasteiger charge is 2.59. The second-order valence-corrected chi connectivity index (χ2v) is 9.52. The lowest BCUT2D eigenvalue weighted by Gasteiger charge is -2.60. The number of likely N-dealkylation sites (N-methyl/N-ethyl adjacent to an activating group) is 1. The normalized spacial score (nSPS) is 27.3. The molecule has 2 aliphatic rings. The zero-order valence-corrected chi connectivity index (χ0v) is 20.5. The van der Waals surface area contributed by atoms with Gasteiger partial charge in [0, 0.05) is 50.3 Å². The Hall–Kier alpha value is -2.83. The Morgan fingerprint density at radius 1 is 1.32 bits per heavy atom. The van der Waals surface area contributed by atoms with Gasteiger partial charge in [0.15, 0.2) is 0 Å². The second-order valence-electron chi connectivity index (χ2n) is 9.52. The number of hydrogen-bond acceptors (Lipinski definition) is 5. The molecule has 0 radical (unpaired) electrons. The number of amides is 1. The lowest BCUT2D eigenvalue weighted by molar-refractivity contribution is -0.157. The largest absolute Gasteiger partial charge is 0.497 e. The molecule has 2 aromatic rings. The van der Waals surface area contributed by atoms with Crippen molar-refractivity contribution in [3.05, 3.63) is 72.7 Å². The van der Waals surface area contributed by atoms with Crippen molar-refractivity contribution in [2.45, 2.75) is 42.7 Å². The van der Waals surface area contributed by atoms with Gasteiger partial charge in [-0.15, -0.1) is 6.58 Å². The quantitative estimate of drug-likeness (QED) is 0.425. The summed E-state index contributed by atoms with van der Waals surface area (Å²) in [6.07, 6.45) is 12.2. The number of nitrogens with zero attached hydrogens (tertiary/aromatic N) is 2. The summed E-state index contributed by atoms with van der Waals surface area (Å²) in [5.74, 6) is 0.848. The summed E-state index contributed by atoms with van der Waals surface area (Å²) in [6.45, 7) is 6.59. The van der Waals surface area contributed by atoms with Crippen LogP contribution in [0, 0.1) is 0 Å². The zero-order chi connectivity index (χ0) is 24.2. The van der Waals surface area contributed by atoms with Crippen LogP contribution in [0.15, 0.2) is 66.0 Å². The monoisotopic (exact) mass is 464 g/mol. The van der Waals surface area contributed by atoms with Crippen LogP contribution in [0.3, 0.4) is 0 Å². The standard InChI is InChI=1S/C28H36N2O4/c1-5-15-30-16-14-27(23-7-6-8-25(18-23)32-3)19-24(11-13-28(27,21-30)33-4)29(2)26(31)10-9-22-12-17-34-20-22/h5-10,12,17-18,20,24H,1,11,13-16,19,21H2,2-4H3/b10-9+/t24-,27-,28-/m0/s1. The van der Waals surface area contributed by atoms with Crippen LogP contribution in [0.2, 0.25) is 0 Å². The number of hydrogen-bond donors (Lipinski definition) is 0. The lowest BCUT2D eigenvalue weighted by Crippen LogP contribution is -2.68. The number of rotatable bonds is 8. The Kier molecular flexibility index (Phi) is 7.29. The molecule has 34 heavy (non-hydrogen) atoms. The number of likely N-dealkylation sites (tertiary alicyclic amines) is 1. The van der Waals surface area contributed by atoms with Gasteiger partial charge in [-0.2, -0.15) is 0 Å². The molecule has 1 aromatic heterocycles. The van der Waals surface area contributed by atoms with E-state index in [0.717, 1.165) is 56.6 Å². The number of carbonyl (C=O) groups is 1. The smallest absolute Gasteiger partial charge is 0.246 e. The van der Waals surface area contributed by atoms with Crippen molar-refractivity contribution < 1.29 is 18.7 Å². The molecular formula is C28H36N2O4. The predicted molar refractivity (Wildman–Crippen MR) is 134 cm³/mol. The molecule has 2 heterocycles. The zero-order valence-electron chi connectivity index (χ0n) is 20.5. The van der Waals surface area contributed by atoms with Crippen molar-refractivity contribution in [2.24, 2.45) is 0 Å². The summed E-state index contributed by atoms with van der Waals surface area (Å²) >= 11 is 0. The first-order chi connectivity index (χ1) is 16.5. The Labute approximate surface area is 202 Å². The molecule has 182 valence electrons. The number of methoxy groups -OCH3 is 2. The number of fused-ring (bicyclic) bond motifs is 1. The summed E-state index contributed by atoms with van der Waals surface area (Å²) < 4.78 is 17.1. The van der Waals surface area contributed by atoms with E-state index in [-0.39, 0.29) is 23.0 Å². The van der Waals surface area contributed by atoms with Crippen LogP contribution in [0.4, 0.5) is 0 Å². The molecule has 1 amide bonds. The second kappa shape index (κ2) is 10.2. The van der Waals surface area contributed by atoms with Gasteiger partial charge in [0.1, 0.15) is 5.75 Å². The molecule has 2 fully saturated rings. The minimum absolute atomic E-state index is 0.000928. The van der Waals surface area contributed by atoms with E-state index < -0.39 is 0 Å². The van der Waals surface area contributed by atoms with Crippen molar-refractivity contribution in [3.63, 3.8) is 0 Å². The van der Waals surface area contributed by atoms with E-state index in [2.05, 4.69) is 29.7 Å². The summed E-state index contributed by atoms with van der Waals surface area (Å²) in [4.78, 5) is 17.4. The van der Waals surface area contributed by atoms with Gasteiger partial charge in [-0.3, -0.25) is 9.69 Å². The van der Waals surface area contributed by atoms with Crippen molar-refractivity contribution >= 4 is 12.0 Å². The maximum absolute atomic E-state index is 13.1. The summed E-state index contributed by atoms with van der Waals surface area (Å²) in [5, 5.41) is 0. The van der Waals surface area contributed by atoms with E-state index in [4.69, 9.17) is 13.9 Å². The van der Waals surface area contributed by atoms with Crippen LogP contribution in [0.5, 0.6) is 5.75 Å². The van der Waals surface area contributed by atoms with Gasteiger partial charge in [-0.05, 0) is 62.1 Å². The van der Waals surface area contributed by atoms with Crippen LogP contribution < -0.4 is 4.74 Å². The van der Waals surface area contributed by atoms with Gasteiger partial charge >= 0.3 is 0 Å². The van der Waals surface area contributed by atoms with Crippen molar-refractivity contribution in [3.8, 4) is 5.75 Å². The molecule has 6 nitrogen and oxygen atoms in total. The molecule has 1 saturated heterocycles. The van der Waals surface area contributed by atoms with Crippen LogP contribution in [0.1, 0.15) is 36.8 Å². The Bertz CT molecular complexity index is 1020. The third-order valence-corrected chi connectivity index (χ3v) is 7.93. The highest BCUT2D eigenvalue weighted by atomic mass is 16.5. The van der Waals surface area contributed by atoms with Gasteiger partial charge in [0.05, 0.1) is 25.2 Å². The molecule has 0 bridgehead atoms. The minimum Gasteiger partial charge on any atom is -0.497 e. The topological polar surface area (TPSA) is 55.2 Å². The fourth-order valence-corrected chi connectivity index (χ4v) is 5.99. The number of piperidine rings is 1. The van der Waals surface area contributed by atoms with Crippen LogP contribution in [-0.4, -0.2) is 68.3 Å². The van der Waals surface area contributed by atoms with Crippen molar-refractivity contribution in [2.75, 3.05) is 40.9 Å². The molecule has 6 heteroatoms. The van der Waals surface area contributed by atoms with Crippen LogP contribution in [0.25, 0.3) is 6.08 Å². The highest BCUT2D eigenvalue weighted by molar-refractivity contribution is 5.91.